The topological polar surface area (TPSA) is 46.4 Å². The third-order valence-electron chi connectivity index (χ3n) is 5.47. The SMILES string of the molecule is CN(C)[C@@H]1C(c2ccccc2)=C(c2ccccc2)S[C@@H](c2ccccc2)[C@H]1[N+](=O)[O-]. The second-order valence-electron chi connectivity index (χ2n) is 7.61. The zero-order valence-electron chi connectivity index (χ0n) is 17.0. The van der Waals surface area contributed by atoms with Crippen LogP contribution in [0.4, 0.5) is 0 Å². The molecule has 5 heteroatoms. The molecule has 30 heavy (non-hydrogen) atoms. The van der Waals surface area contributed by atoms with Crippen LogP contribution in [0.2, 0.25) is 0 Å². The number of thioether (sulfide) groups is 1. The van der Waals surface area contributed by atoms with Crippen LogP contribution >= 0.6 is 11.8 Å². The Balaban J connectivity index is 1.99. The summed E-state index contributed by atoms with van der Waals surface area (Å²) in [5.74, 6) is 0. The molecule has 0 aliphatic carbocycles. The van der Waals surface area contributed by atoms with Crippen LogP contribution in [0.25, 0.3) is 10.5 Å². The van der Waals surface area contributed by atoms with Crippen LogP contribution in [-0.2, 0) is 0 Å². The Labute approximate surface area is 181 Å². The van der Waals surface area contributed by atoms with Crippen molar-refractivity contribution in [3.05, 3.63) is 118 Å². The molecule has 3 atom stereocenters. The van der Waals surface area contributed by atoms with E-state index in [1.807, 2.05) is 85.7 Å². The standard InChI is InChI=1S/C25H24N2O2S/c1-26(2)22-21(18-12-6-3-7-13-18)24(19-14-8-4-9-15-19)30-25(23(22)27(28)29)20-16-10-5-11-17-20/h3-17,22-23,25H,1-2H3/t22-,23+,25+/m1/s1. The molecule has 0 saturated carbocycles. The second-order valence-corrected chi connectivity index (χ2v) is 8.76. The number of nitrogens with zero attached hydrogens (tertiary/aromatic N) is 2. The first-order valence-electron chi connectivity index (χ1n) is 9.94. The zero-order valence-corrected chi connectivity index (χ0v) is 17.8. The Hall–Kier alpha value is -2.89. The molecule has 3 aromatic rings. The zero-order chi connectivity index (χ0) is 21.1. The van der Waals surface area contributed by atoms with E-state index in [1.165, 1.54) is 0 Å². The smallest absolute Gasteiger partial charge is 0.248 e. The molecule has 0 bridgehead atoms. The lowest BCUT2D eigenvalue weighted by molar-refractivity contribution is -0.527. The minimum atomic E-state index is -0.768. The van der Waals surface area contributed by atoms with Gasteiger partial charge in [0.25, 0.3) is 0 Å². The van der Waals surface area contributed by atoms with Gasteiger partial charge < -0.3 is 0 Å². The van der Waals surface area contributed by atoms with E-state index in [4.69, 9.17) is 0 Å². The highest BCUT2D eigenvalue weighted by Gasteiger charge is 2.49. The number of hydrogen-bond acceptors (Lipinski definition) is 4. The van der Waals surface area contributed by atoms with E-state index in [9.17, 15) is 10.1 Å². The Morgan fingerprint density at radius 1 is 0.800 bits per heavy atom. The summed E-state index contributed by atoms with van der Waals surface area (Å²) in [6.07, 6.45) is 0. The van der Waals surface area contributed by atoms with E-state index in [-0.39, 0.29) is 16.2 Å². The van der Waals surface area contributed by atoms with Crippen molar-refractivity contribution in [3.63, 3.8) is 0 Å². The molecule has 0 radical (unpaired) electrons. The molecule has 152 valence electrons. The van der Waals surface area contributed by atoms with E-state index < -0.39 is 6.04 Å². The highest BCUT2D eigenvalue weighted by Crippen LogP contribution is 2.53. The maximum Gasteiger partial charge on any atom is 0.248 e. The van der Waals surface area contributed by atoms with Crippen LogP contribution in [-0.4, -0.2) is 36.0 Å². The highest BCUT2D eigenvalue weighted by atomic mass is 32.2. The molecule has 0 amide bonds. The quantitative estimate of drug-likeness (QED) is 0.400. The first kappa shape index (κ1) is 20.4. The van der Waals surface area contributed by atoms with Crippen molar-refractivity contribution in [2.75, 3.05) is 14.1 Å². The number of benzene rings is 3. The van der Waals surface area contributed by atoms with Gasteiger partial charge in [0.05, 0.1) is 0 Å². The molecule has 0 N–H and O–H groups in total. The third kappa shape index (κ3) is 3.91. The molecule has 1 aliphatic heterocycles. The second kappa shape index (κ2) is 8.86. The molecule has 0 fully saturated rings. The predicted molar refractivity (Wildman–Crippen MR) is 125 cm³/mol. The maximum absolute atomic E-state index is 12.4. The van der Waals surface area contributed by atoms with Gasteiger partial charge in [-0.05, 0) is 36.4 Å². The number of likely N-dealkylation sites (N-methyl/N-ethyl adjacent to an activating group) is 1. The Kier molecular flexibility index (Phi) is 6.02. The summed E-state index contributed by atoms with van der Waals surface area (Å²) < 4.78 is 0. The van der Waals surface area contributed by atoms with Gasteiger partial charge >= 0.3 is 0 Å². The van der Waals surface area contributed by atoms with Crippen LogP contribution in [0.15, 0.2) is 91.0 Å². The van der Waals surface area contributed by atoms with Gasteiger partial charge in [-0.3, -0.25) is 15.0 Å². The summed E-state index contributed by atoms with van der Waals surface area (Å²) in [7, 11) is 3.87. The number of hydrogen-bond donors (Lipinski definition) is 0. The van der Waals surface area contributed by atoms with Crippen molar-refractivity contribution in [2.24, 2.45) is 0 Å². The molecular weight excluding hydrogens is 392 g/mol. The average Bonchev–Trinajstić information content (AvgIpc) is 2.79. The van der Waals surface area contributed by atoms with E-state index >= 15 is 0 Å². The summed E-state index contributed by atoms with van der Waals surface area (Å²) in [5, 5.41) is 12.1. The molecule has 0 saturated heterocycles. The summed E-state index contributed by atoms with van der Waals surface area (Å²) in [6, 6.07) is 29.0. The van der Waals surface area contributed by atoms with Gasteiger partial charge in [-0.25, -0.2) is 0 Å². The minimum absolute atomic E-state index is 0.0972. The molecule has 3 aromatic carbocycles. The lowest BCUT2D eigenvalue weighted by Gasteiger charge is -2.39. The van der Waals surface area contributed by atoms with Gasteiger partial charge in [0.1, 0.15) is 11.3 Å². The Morgan fingerprint density at radius 3 is 1.80 bits per heavy atom. The van der Waals surface area contributed by atoms with Gasteiger partial charge in [0.15, 0.2) is 0 Å². The normalized spacial score (nSPS) is 21.6. The van der Waals surface area contributed by atoms with Crippen LogP contribution in [0.5, 0.6) is 0 Å². The van der Waals surface area contributed by atoms with Crippen molar-refractivity contribution >= 4 is 22.2 Å². The van der Waals surface area contributed by atoms with Crippen LogP contribution in [0.3, 0.4) is 0 Å². The minimum Gasteiger partial charge on any atom is -0.296 e. The lowest BCUT2D eigenvalue weighted by atomic mass is 9.86. The van der Waals surface area contributed by atoms with Crippen molar-refractivity contribution in [2.45, 2.75) is 17.3 Å². The van der Waals surface area contributed by atoms with Gasteiger partial charge in [-0.15, -0.1) is 11.8 Å². The molecule has 0 unspecified atom stereocenters. The van der Waals surface area contributed by atoms with Crippen LogP contribution in [0.1, 0.15) is 21.9 Å². The van der Waals surface area contributed by atoms with Crippen molar-refractivity contribution in [1.82, 2.24) is 4.90 Å². The van der Waals surface area contributed by atoms with Crippen molar-refractivity contribution in [3.8, 4) is 0 Å². The summed E-state index contributed by atoms with van der Waals surface area (Å²) in [4.78, 5) is 15.4. The summed E-state index contributed by atoms with van der Waals surface area (Å²) >= 11 is 1.61. The van der Waals surface area contributed by atoms with Gasteiger partial charge in [-0.2, -0.15) is 0 Å². The molecule has 1 aliphatic rings. The Morgan fingerprint density at radius 2 is 1.30 bits per heavy atom. The van der Waals surface area contributed by atoms with E-state index in [0.717, 1.165) is 27.2 Å². The molecule has 1 heterocycles. The lowest BCUT2D eigenvalue weighted by Crippen LogP contribution is -2.48. The molecule has 4 nitrogen and oxygen atoms in total. The van der Waals surface area contributed by atoms with E-state index in [0.29, 0.717) is 0 Å². The van der Waals surface area contributed by atoms with Gasteiger partial charge in [-0.1, -0.05) is 91.0 Å². The Bertz CT molecular complexity index is 1040. The maximum atomic E-state index is 12.4. The molecular formula is C25H24N2O2S. The fourth-order valence-electron chi connectivity index (χ4n) is 4.16. The van der Waals surface area contributed by atoms with Crippen LogP contribution < -0.4 is 0 Å². The average molecular weight is 417 g/mol. The van der Waals surface area contributed by atoms with E-state index in [1.54, 1.807) is 11.8 Å². The fourth-order valence-corrected chi connectivity index (χ4v) is 5.73. The fraction of sp³-hybridized carbons (Fsp3) is 0.200. The third-order valence-corrected chi connectivity index (χ3v) is 6.96. The van der Waals surface area contributed by atoms with Gasteiger partial charge in [0.2, 0.25) is 6.04 Å². The van der Waals surface area contributed by atoms with Gasteiger partial charge in [0, 0.05) is 9.83 Å². The highest BCUT2D eigenvalue weighted by molar-refractivity contribution is 8.08. The largest absolute Gasteiger partial charge is 0.296 e. The summed E-state index contributed by atoms with van der Waals surface area (Å²) in [5.41, 5.74) is 4.12. The van der Waals surface area contributed by atoms with E-state index in [2.05, 4.69) is 24.3 Å². The number of rotatable bonds is 5. The molecule has 4 rings (SSSR count). The monoisotopic (exact) mass is 416 g/mol. The molecule has 0 spiro atoms. The summed E-state index contributed by atoms with van der Waals surface area (Å²) in [6.45, 7) is 0. The first-order valence-corrected chi connectivity index (χ1v) is 10.8. The number of nitro groups is 1. The van der Waals surface area contributed by atoms with Crippen LogP contribution in [0, 0.1) is 10.1 Å². The van der Waals surface area contributed by atoms with Crippen molar-refractivity contribution in [1.29, 1.82) is 0 Å². The van der Waals surface area contributed by atoms with Crippen molar-refractivity contribution < 1.29 is 4.92 Å². The first-order chi connectivity index (χ1) is 14.6. The molecule has 0 aromatic heterocycles. The predicted octanol–water partition coefficient (Wildman–Crippen LogP) is 5.62.